The first-order chi connectivity index (χ1) is 13.0. The summed E-state index contributed by atoms with van der Waals surface area (Å²) in [5.74, 6) is -0.110. The number of amides is 1. The molecule has 27 heavy (non-hydrogen) atoms. The molecule has 1 heterocycles. The van der Waals surface area contributed by atoms with Crippen molar-refractivity contribution in [3.8, 4) is 5.75 Å². The zero-order valence-corrected chi connectivity index (χ0v) is 15.4. The molecule has 2 aromatic carbocycles. The van der Waals surface area contributed by atoms with Crippen LogP contribution in [0.4, 0.5) is 17.1 Å². The van der Waals surface area contributed by atoms with Crippen molar-refractivity contribution in [3.63, 3.8) is 0 Å². The Labute approximate surface area is 162 Å². The quantitative estimate of drug-likeness (QED) is 0.589. The minimum atomic E-state index is -0.515. The van der Waals surface area contributed by atoms with Gasteiger partial charge in [0.05, 0.1) is 21.7 Å². The number of hydrogen-bond donors (Lipinski definition) is 1. The van der Waals surface area contributed by atoms with Gasteiger partial charge in [-0.3, -0.25) is 14.9 Å². The van der Waals surface area contributed by atoms with Crippen LogP contribution < -0.4 is 15.0 Å². The van der Waals surface area contributed by atoms with Gasteiger partial charge >= 0.3 is 0 Å². The highest BCUT2D eigenvalue weighted by atomic mass is 35.5. The third kappa shape index (κ3) is 5.10. The standard InChI is InChI=1S/C19H20ClN3O4/c20-17-11-14(7-8-18(17)22-9-2-1-3-10-22)21-19(24)13-27-16-6-4-5-15(12-16)23(25)26/h4-8,11-12H,1-3,9-10,13H2,(H,21,24). The maximum absolute atomic E-state index is 12.1. The predicted molar refractivity (Wildman–Crippen MR) is 105 cm³/mol. The number of benzene rings is 2. The van der Waals surface area contributed by atoms with Gasteiger partial charge in [-0.2, -0.15) is 0 Å². The largest absolute Gasteiger partial charge is 0.484 e. The molecular formula is C19H20ClN3O4. The molecule has 0 aliphatic carbocycles. The lowest BCUT2D eigenvalue weighted by atomic mass is 10.1. The number of nitro benzene ring substituents is 1. The van der Waals surface area contributed by atoms with Gasteiger partial charge in [-0.05, 0) is 43.5 Å². The summed E-state index contributed by atoms with van der Waals surface area (Å²) in [6.45, 7) is 1.72. The third-order valence-corrected chi connectivity index (χ3v) is 4.63. The molecule has 2 aromatic rings. The summed E-state index contributed by atoms with van der Waals surface area (Å²) in [4.78, 5) is 24.6. The molecule has 0 saturated carbocycles. The Morgan fingerprint density at radius 2 is 1.96 bits per heavy atom. The molecule has 1 N–H and O–H groups in total. The molecule has 1 aliphatic rings. The van der Waals surface area contributed by atoms with Crippen LogP contribution in [-0.4, -0.2) is 30.5 Å². The van der Waals surface area contributed by atoms with E-state index in [4.69, 9.17) is 16.3 Å². The molecule has 8 heteroatoms. The summed E-state index contributed by atoms with van der Waals surface area (Å²) in [7, 11) is 0. The molecule has 0 atom stereocenters. The first-order valence-electron chi connectivity index (χ1n) is 8.74. The Kier molecular flexibility index (Phi) is 6.13. The number of nitrogens with one attached hydrogen (secondary N) is 1. The molecule has 7 nitrogen and oxygen atoms in total. The zero-order valence-electron chi connectivity index (χ0n) is 14.7. The van der Waals surface area contributed by atoms with Crippen molar-refractivity contribution < 1.29 is 14.5 Å². The van der Waals surface area contributed by atoms with Gasteiger partial charge < -0.3 is 15.0 Å². The fourth-order valence-corrected chi connectivity index (χ4v) is 3.31. The number of piperidine rings is 1. The van der Waals surface area contributed by atoms with E-state index in [1.807, 2.05) is 6.07 Å². The number of non-ortho nitro benzene ring substituents is 1. The van der Waals surface area contributed by atoms with E-state index in [1.54, 1.807) is 18.2 Å². The molecular weight excluding hydrogens is 370 g/mol. The van der Waals surface area contributed by atoms with E-state index in [9.17, 15) is 14.9 Å². The Bertz CT molecular complexity index is 837. The molecule has 0 radical (unpaired) electrons. The lowest BCUT2D eigenvalue weighted by Gasteiger charge is -2.29. The summed E-state index contributed by atoms with van der Waals surface area (Å²) in [6.07, 6.45) is 3.56. The second-order valence-electron chi connectivity index (χ2n) is 6.31. The number of carbonyl (C=O) groups excluding carboxylic acids is 1. The SMILES string of the molecule is O=C(COc1cccc([N+](=O)[O-])c1)Nc1ccc(N2CCCCC2)c(Cl)c1. The number of anilines is 2. The molecule has 1 amide bonds. The van der Waals surface area contributed by atoms with Crippen LogP contribution in [0.25, 0.3) is 0 Å². The number of nitro groups is 1. The molecule has 1 fully saturated rings. The number of nitrogens with zero attached hydrogens (tertiary/aromatic N) is 2. The van der Waals surface area contributed by atoms with Crippen LogP contribution in [0.1, 0.15) is 19.3 Å². The highest BCUT2D eigenvalue weighted by molar-refractivity contribution is 6.33. The van der Waals surface area contributed by atoms with Crippen molar-refractivity contribution in [1.82, 2.24) is 0 Å². The molecule has 142 valence electrons. The van der Waals surface area contributed by atoms with Gasteiger partial charge in [0.1, 0.15) is 5.75 Å². The van der Waals surface area contributed by atoms with Gasteiger partial charge in [0, 0.05) is 24.8 Å². The minimum Gasteiger partial charge on any atom is -0.484 e. The fraction of sp³-hybridized carbons (Fsp3) is 0.316. The monoisotopic (exact) mass is 389 g/mol. The van der Waals surface area contributed by atoms with Crippen LogP contribution in [0.15, 0.2) is 42.5 Å². The average molecular weight is 390 g/mol. The van der Waals surface area contributed by atoms with Crippen LogP contribution in [-0.2, 0) is 4.79 Å². The summed E-state index contributed by atoms with van der Waals surface area (Å²) in [5.41, 5.74) is 1.46. The minimum absolute atomic E-state index is 0.0898. The lowest BCUT2D eigenvalue weighted by Crippen LogP contribution is -2.29. The maximum atomic E-state index is 12.1. The Morgan fingerprint density at radius 3 is 2.67 bits per heavy atom. The molecule has 1 saturated heterocycles. The van der Waals surface area contributed by atoms with E-state index in [1.165, 1.54) is 24.6 Å². The zero-order chi connectivity index (χ0) is 19.2. The normalized spacial score (nSPS) is 13.9. The Balaban J connectivity index is 1.57. The van der Waals surface area contributed by atoms with Crippen molar-refractivity contribution in [2.75, 3.05) is 29.9 Å². The van der Waals surface area contributed by atoms with Crippen molar-refractivity contribution >= 4 is 34.6 Å². The second kappa shape index (κ2) is 8.73. The molecule has 1 aliphatic heterocycles. The van der Waals surface area contributed by atoms with Crippen LogP contribution in [0, 0.1) is 10.1 Å². The van der Waals surface area contributed by atoms with Crippen LogP contribution in [0.5, 0.6) is 5.75 Å². The Hall–Kier alpha value is -2.80. The predicted octanol–water partition coefficient (Wildman–Crippen LogP) is 4.26. The number of carbonyl (C=O) groups is 1. The summed E-state index contributed by atoms with van der Waals surface area (Å²) >= 11 is 6.38. The van der Waals surface area contributed by atoms with E-state index >= 15 is 0 Å². The summed E-state index contributed by atoms with van der Waals surface area (Å²) < 4.78 is 5.32. The average Bonchev–Trinajstić information content (AvgIpc) is 2.67. The fourth-order valence-electron chi connectivity index (χ4n) is 3.01. The number of halogens is 1. The van der Waals surface area contributed by atoms with E-state index in [0.717, 1.165) is 31.6 Å². The highest BCUT2D eigenvalue weighted by Gasteiger charge is 2.15. The van der Waals surface area contributed by atoms with Gasteiger partial charge in [0.15, 0.2) is 6.61 Å². The number of rotatable bonds is 6. The van der Waals surface area contributed by atoms with E-state index in [-0.39, 0.29) is 24.0 Å². The van der Waals surface area contributed by atoms with Crippen molar-refractivity contribution in [1.29, 1.82) is 0 Å². The first kappa shape index (κ1) is 19.0. The van der Waals surface area contributed by atoms with Gasteiger partial charge in [0.2, 0.25) is 0 Å². The Morgan fingerprint density at radius 1 is 1.19 bits per heavy atom. The van der Waals surface area contributed by atoms with Crippen molar-refractivity contribution in [2.24, 2.45) is 0 Å². The second-order valence-corrected chi connectivity index (χ2v) is 6.71. The van der Waals surface area contributed by atoms with E-state index < -0.39 is 4.92 Å². The van der Waals surface area contributed by atoms with Gasteiger partial charge in [-0.15, -0.1) is 0 Å². The van der Waals surface area contributed by atoms with Crippen molar-refractivity contribution in [2.45, 2.75) is 19.3 Å². The first-order valence-corrected chi connectivity index (χ1v) is 9.12. The molecule has 0 unspecified atom stereocenters. The van der Waals surface area contributed by atoms with Gasteiger partial charge in [-0.25, -0.2) is 0 Å². The number of hydrogen-bond acceptors (Lipinski definition) is 5. The molecule has 0 bridgehead atoms. The number of ether oxygens (including phenoxy) is 1. The molecule has 0 spiro atoms. The van der Waals surface area contributed by atoms with Crippen LogP contribution >= 0.6 is 11.6 Å². The van der Waals surface area contributed by atoms with Gasteiger partial charge in [0.25, 0.3) is 11.6 Å². The van der Waals surface area contributed by atoms with Crippen LogP contribution in [0.3, 0.4) is 0 Å². The highest BCUT2D eigenvalue weighted by Crippen LogP contribution is 2.30. The van der Waals surface area contributed by atoms with Gasteiger partial charge in [-0.1, -0.05) is 17.7 Å². The maximum Gasteiger partial charge on any atom is 0.273 e. The smallest absolute Gasteiger partial charge is 0.273 e. The summed E-state index contributed by atoms with van der Waals surface area (Å²) in [6, 6.07) is 11.1. The molecule has 3 rings (SSSR count). The van der Waals surface area contributed by atoms with E-state index in [2.05, 4.69) is 10.2 Å². The molecule has 0 aromatic heterocycles. The third-order valence-electron chi connectivity index (χ3n) is 4.33. The van der Waals surface area contributed by atoms with Crippen LogP contribution in [0.2, 0.25) is 5.02 Å². The topological polar surface area (TPSA) is 84.7 Å². The van der Waals surface area contributed by atoms with E-state index in [0.29, 0.717) is 10.7 Å². The lowest BCUT2D eigenvalue weighted by molar-refractivity contribution is -0.384. The summed E-state index contributed by atoms with van der Waals surface area (Å²) in [5, 5.41) is 14.1. The van der Waals surface area contributed by atoms with Crippen molar-refractivity contribution in [3.05, 3.63) is 57.6 Å².